The lowest BCUT2D eigenvalue weighted by Crippen LogP contribution is -2.46. The van der Waals surface area contributed by atoms with Crippen LogP contribution in [0.3, 0.4) is 0 Å². The van der Waals surface area contributed by atoms with Gasteiger partial charge in [0, 0.05) is 62.5 Å². The summed E-state index contributed by atoms with van der Waals surface area (Å²) < 4.78 is 151. The van der Waals surface area contributed by atoms with Crippen molar-refractivity contribution < 1.29 is 70.7 Å². The second-order valence-electron chi connectivity index (χ2n) is 11.1. The first-order valence-electron chi connectivity index (χ1n) is 16.8. The maximum absolute atomic E-state index is 12.1. The molecule has 64 heavy (non-hydrogen) atoms. The van der Waals surface area contributed by atoms with E-state index in [1.54, 1.807) is 35.8 Å². The van der Waals surface area contributed by atoms with Gasteiger partial charge in [0.1, 0.15) is 38.6 Å². The molecule has 0 aromatic carbocycles. The lowest BCUT2D eigenvalue weighted by molar-refractivity contribution is -0.184. The Morgan fingerprint density at radius 1 is 0.656 bits per heavy atom. The molecule has 372 valence electrons. The highest BCUT2D eigenvalue weighted by Crippen LogP contribution is 2.20. The van der Waals surface area contributed by atoms with E-state index in [0.29, 0.717) is 17.2 Å². The highest BCUT2D eigenvalue weighted by molar-refractivity contribution is 7.99. The summed E-state index contributed by atoms with van der Waals surface area (Å²) in [5, 5.41) is 34.9. The topological polar surface area (TPSA) is 288 Å². The molecular formula is C31H50ClF9N10O7S6. The van der Waals surface area contributed by atoms with Gasteiger partial charge in [-0.15, -0.1) is 11.6 Å². The van der Waals surface area contributed by atoms with Crippen LogP contribution in [-0.2, 0) is 34.1 Å². The Labute approximate surface area is 390 Å². The zero-order valence-electron chi connectivity index (χ0n) is 35.0. The van der Waals surface area contributed by atoms with Gasteiger partial charge in [0.25, 0.3) is 0 Å². The Balaban J connectivity index is -0.000000168. The van der Waals surface area contributed by atoms with Crippen LogP contribution in [0.5, 0.6) is 0 Å². The van der Waals surface area contributed by atoms with Gasteiger partial charge in [-0.1, -0.05) is 12.2 Å². The van der Waals surface area contributed by atoms with Gasteiger partial charge in [0.15, 0.2) is 0 Å². The minimum Gasteiger partial charge on any atom is -0.392 e. The van der Waals surface area contributed by atoms with E-state index in [1.807, 2.05) is 18.6 Å². The fourth-order valence-electron chi connectivity index (χ4n) is 2.84. The number of hydrogen-bond acceptors (Lipinski definition) is 17. The van der Waals surface area contributed by atoms with Crippen LogP contribution in [0.4, 0.5) is 39.5 Å². The number of carbonyl (C=O) groups is 3. The van der Waals surface area contributed by atoms with Crippen LogP contribution < -0.4 is 16.8 Å². The highest BCUT2D eigenvalue weighted by Gasteiger charge is 2.44. The second-order valence-corrected chi connectivity index (χ2v) is 19.4. The molecule has 0 aliphatic carbocycles. The van der Waals surface area contributed by atoms with Crippen molar-refractivity contribution in [3.05, 3.63) is 0 Å². The van der Waals surface area contributed by atoms with Crippen LogP contribution in [0.15, 0.2) is 0 Å². The van der Waals surface area contributed by atoms with E-state index in [2.05, 4.69) is 17.5 Å². The van der Waals surface area contributed by atoms with Crippen LogP contribution in [-0.4, -0.2) is 198 Å². The van der Waals surface area contributed by atoms with Crippen LogP contribution in [0.2, 0.25) is 0 Å². The SMILES string of the molecule is CS(=O)(=O)CCN(CC#N)C(=O)C(F)(F)F.CS(=O)(=O)CCN(CC(N)=S)C(=O)C(F)(F)F.CSCCN.CSCCN(CC#N)C(=O)C(F)(F)F.CSCCNCC#N.N#CCCl. The molecule has 3 amide bonds. The monoisotopic (exact) mass is 1070 g/mol. The zero-order chi connectivity index (χ0) is 51.8. The van der Waals surface area contributed by atoms with Crippen molar-refractivity contribution in [1.29, 1.82) is 21.0 Å². The van der Waals surface area contributed by atoms with Crippen molar-refractivity contribution in [1.82, 2.24) is 20.0 Å². The van der Waals surface area contributed by atoms with Gasteiger partial charge in [0.2, 0.25) is 0 Å². The molecule has 17 nitrogen and oxygen atoms in total. The minimum absolute atomic E-state index is 0.0624. The summed E-state index contributed by atoms with van der Waals surface area (Å²) in [6.45, 7) is -1.03. The molecule has 5 N–H and O–H groups in total. The van der Waals surface area contributed by atoms with Crippen molar-refractivity contribution >= 4 is 101 Å². The number of amides is 3. The Hall–Kier alpha value is -3.21. The number of sulfone groups is 2. The highest BCUT2D eigenvalue weighted by atomic mass is 35.5. The summed E-state index contributed by atoms with van der Waals surface area (Å²) in [6.07, 6.45) is -7.59. The number of hydrogen-bond donors (Lipinski definition) is 3. The number of nitriles is 4. The summed E-state index contributed by atoms with van der Waals surface area (Å²) in [7, 11) is -6.97. The van der Waals surface area contributed by atoms with Gasteiger partial charge in [-0.2, -0.15) is 95.8 Å². The Bertz CT molecular complexity index is 1720. The number of alkyl halides is 10. The van der Waals surface area contributed by atoms with E-state index in [1.165, 1.54) is 23.9 Å². The number of thioether (sulfide) groups is 3. The Morgan fingerprint density at radius 3 is 1.25 bits per heavy atom. The molecule has 0 atom stereocenters. The quantitative estimate of drug-likeness (QED) is 0.0550. The smallest absolute Gasteiger partial charge is 0.392 e. The molecule has 0 saturated carbocycles. The lowest BCUT2D eigenvalue weighted by atomic mass is 10.4. The predicted molar refractivity (Wildman–Crippen MR) is 234 cm³/mol. The first-order valence-corrected chi connectivity index (χ1v) is 26.1. The molecule has 0 unspecified atom stereocenters. The third-order valence-electron chi connectivity index (χ3n) is 5.56. The first-order chi connectivity index (χ1) is 29.2. The van der Waals surface area contributed by atoms with Gasteiger partial charge in [-0.3, -0.25) is 14.4 Å². The van der Waals surface area contributed by atoms with Crippen molar-refractivity contribution in [2.75, 3.05) is 125 Å². The van der Waals surface area contributed by atoms with Gasteiger partial charge < -0.3 is 31.5 Å². The van der Waals surface area contributed by atoms with Gasteiger partial charge in [0.05, 0.1) is 53.9 Å². The summed E-state index contributed by atoms with van der Waals surface area (Å²) >= 11 is 14.1. The molecule has 33 heteroatoms. The number of nitrogens with two attached hydrogens (primary N) is 2. The number of rotatable bonds is 19. The van der Waals surface area contributed by atoms with Crippen LogP contribution in [0.1, 0.15) is 0 Å². The van der Waals surface area contributed by atoms with Crippen LogP contribution in [0.25, 0.3) is 0 Å². The molecule has 0 aliphatic rings. The van der Waals surface area contributed by atoms with Gasteiger partial charge in [-0.25, -0.2) is 16.8 Å². The third-order valence-corrected chi connectivity index (χ3v) is 9.50. The first kappa shape index (κ1) is 72.4. The molecule has 0 aromatic heterocycles. The van der Waals surface area contributed by atoms with E-state index < -0.39 is 100 Å². The normalized spacial score (nSPS) is 10.6. The molecule has 0 bridgehead atoms. The summed E-state index contributed by atoms with van der Waals surface area (Å²) in [4.78, 5) is 32.9. The van der Waals surface area contributed by atoms with Crippen molar-refractivity contribution in [2.24, 2.45) is 11.5 Å². The second kappa shape index (κ2) is 41.2. The number of carbonyl (C=O) groups excluding carboxylic acids is 3. The van der Waals surface area contributed by atoms with E-state index in [4.69, 9.17) is 44.1 Å². The van der Waals surface area contributed by atoms with Crippen molar-refractivity contribution in [2.45, 2.75) is 18.5 Å². The molecule has 0 heterocycles. The van der Waals surface area contributed by atoms with Gasteiger partial charge in [-0.05, 0) is 18.8 Å². The van der Waals surface area contributed by atoms with Crippen LogP contribution in [0, 0.1) is 45.3 Å². The molecule has 0 saturated heterocycles. The molecule has 0 aromatic rings. The largest absolute Gasteiger partial charge is 0.471 e. The number of thiocarbonyl (C=S) groups is 1. The average Bonchev–Trinajstić information content (AvgIpc) is 3.17. The minimum atomic E-state index is -5.10. The molecule has 0 rings (SSSR count). The lowest BCUT2D eigenvalue weighted by Gasteiger charge is -2.22. The fraction of sp³-hybridized carbons (Fsp3) is 0.742. The summed E-state index contributed by atoms with van der Waals surface area (Å²) in [6, 6.07) is 6.60. The molecule has 0 aliphatic heterocycles. The molecular weight excluding hydrogens is 1020 g/mol. The Morgan fingerprint density at radius 2 is 1.00 bits per heavy atom. The van der Waals surface area contributed by atoms with Gasteiger partial charge >= 0.3 is 36.3 Å². The third kappa shape index (κ3) is 53.1. The number of nitrogens with one attached hydrogen (secondary N) is 1. The standard InChI is InChI=1S/C7H11F3N2O3S2.C7H9F3N2O3S.C7H9F3N2OS.C5H10N2S.C3H9NS.C2H2ClN/c1-17(14,15)3-2-12(4-5(11)16)6(13)7(8,9)10;1-16(14,15)5-4-12(3-2-11)6(13)7(8,9)10;1-14-5-4-12(3-2-11)6(13)7(8,9)10;1-8-5-4-7-3-2-6;1-5-3-2-4;3-1-2-4/h2-4H2,1H3,(H2,11,16);3-5H2,1H3;3-5H2,1H3;7H,3-5H2,1H3;2-4H2,1H3;1H2. The van der Waals surface area contributed by atoms with Crippen LogP contribution >= 0.6 is 59.1 Å². The van der Waals surface area contributed by atoms with Crippen molar-refractivity contribution in [3.63, 3.8) is 0 Å². The van der Waals surface area contributed by atoms with E-state index >= 15 is 0 Å². The maximum Gasteiger partial charge on any atom is 0.471 e. The number of nitrogens with zero attached hydrogens (tertiary/aromatic N) is 7. The van der Waals surface area contributed by atoms with E-state index in [9.17, 15) is 70.7 Å². The average molecular weight is 1070 g/mol. The van der Waals surface area contributed by atoms with Crippen molar-refractivity contribution in [3.8, 4) is 24.3 Å². The zero-order valence-corrected chi connectivity index (χ0v) is 40.6. The molecule has 0 spiro atoms. The van der Waals surface area contributed by atoms with E-state index in [-0.39, 0.29) is 27.2 Å². The summed E-state index contributed by atoms with van der Waals surface area (Å²) in [5.41, 5.74) is 10.2. The molecule has 0 radical (unpaired) electrons. The maximum atomic E-state index is 12.1. The summed E-state index contributed by atoms with van der Waals surface area (Å²) in [5.74, 6) is -4.88. The predicted octanol–water partition coefficient (Wildman–Crippen LogP) is 2.44. The molecule has 0 fully saturated rings. The fourth-order valence-corrected chi connectivity index (χ4v) is 5.09. The number of halogens is 10. The Kier molecular flexibility index (Phi) is 46.6. The van der Waals surface area contributed by atoms with E-state index in [0.717, 1.165) is 37.1 Å².